The van der Waals surface area contributed by atoms with Gasteiger partial charge in [0.1, 0.15) is 0 Å². The molecule has 0 aliphatic carbocycles. The summed E-state index contributed by atoms with van der Waals surface area (Å²) >= 11 is 0.531. The molecular formula is C10H10Se. The number of benzene rings is 1. The van der Waals surface area contributed by atoms with E-state index in [1.54, 1.807) is 0 Å². The molecule has 0 bridgehead atoms. The van der Waals surface area contributed by atoms with Gasteiger partial charge >= 0.3 is 73.5 Å². The van der Waals surface area contributed by atoms with Crippen molar-refractivity contribution in [1.29, 1.82) is 0 Å². The van der Waals surface area contributed by atoms with Gasteiger partial charge in [-0.1, -0.05) is 0 Å². The van der Waals surface area contributed by atoms with Crippen molar-refractivity contribution in [2.45, 2.75) is 5.32 Å². The van der Waals surface area contributed by atoms with Gasteiger partial charge in [-0.3, -0.25) is 0 Å². The Hall–Kier alpha value is -0.741. The van der Waals surface area contributed by atoms with Crippen LogP contribution in [0.5, 0.6) is 0 Å². The number of hydrogen-bond donors (Lipinski definition) is 0. The molecule has 11 heavy (non-hydrogen) atoms. The molecular weight excluding hydrogens is 199 g/mol. The second kappa shape index (κ2) is 4.98. The Balaban J connectivity index is 2.45. The van der Waals surface area contributed by atoms with E-state index in [0.717, 1.165) is 5.32 Å². The summed E-state index contributed by atoms with van der Waals surface area (Å²) in [6.45, 7) is 3.53. The van der Waals surface area contributed by atoms with E-state index in [2.05, 4.69) is 36.6 Å². The molecule has 0 aliphatic heterocycles. The van der Waals surface area contributed by atoms with Crippen LogP contribution in [0, 0.1) is 0 Å². The Morgan fingerprint density at radius 3 is 2.73 bits per heavy atom. The van der Waals surface area contributed by atoms with Crippen molar-refractivity contribution < 1.29 is 0 Å². The van der Waals surface area contributed by atoms with Crippen LogP contribution in [-0.4, -0.2) is 15.0 Å². The molecule has 0 aliphatic rings. The average molecular weight is 209 g/mol. The Morgan fingerprint density at radius 2 is 2.09 bits per heavy atom. The van der Waals surface area contributed by atoms with Gasteiger partial charge in [0, 0.05) is 0 Å². The summed E-state index contributed by atoms with van der Waals surface area (Å²) in [5.41, 5.74) is 4.19. The van der Waals surface area contributed by atoms with Crippen LogP contribution in [0.2, 0.25) is 0 Å². The molecule has 0 N–H and O–H groups in total. The first kappa shape index (κ1) is 8.36. The third-order valence-electron chi connectivity index (χ3n) is 1.26. The van der Waals surface area contributed by atoms with Crippen LogP contribution >= 0.6 is 0 Å². The molecule has 0 amide bonds. The molecule has 0 spiro atoms. The first-order chi connectivity index (χ1) is 5.43. The Kier molecular flexibility index (Phi) is 3.79. The van der Waals surface area contributed by atoms with Gasteiger partial charge in [-0.15, -0.1) is 0 Å². The van der Waals surface area contributed by atoms with E-state index in [4.69, 9.17) is 0 Å². The van der Waals surface area contributed by atoms with Crippen molar-refractivity contribution in [3.63, 3.8) is 0 Å². The van der Waals surface area contributed by atoms with Crippen LogP contribution in [0.3, 0.4) is 0 Å². The van der Waals surface area contributed by atoms with Gasteiger partial charge in [-0.2, -0.15) is 0 Å². The fraction of sp³-hybridized carbons (Fsp3) is 0.100. The topological polar surface area (TPSA) is 0 Å². The SMILES string of the molecule is C=C=C[Se]Cc1ccccc1. The van der Waals surface area contributed by atoms with E-state index >= 15 is 0 Å². The van der Waals surface area contributed by atoms with Gasteiger partial charge < -0.3 is 0 Å². The Morgan fingerprint density at radius 1 is 1.36 bits per heavy atom. The normalized spacial score (nSPS) is 8.73. The zero-order valence-electron chi connectivity index (χ0n) is 6.29. The Bertz CT molecular complexity index is 245. The maximum absolute atomic E-state index is 3.53. The zero-order chi connectivity index (χ0) is 7.94. The summed E-state index contributed by atoms with van der Waals surface area (Å²) in [6.07, 6.45) is 0. The molecule has 0 heterocycles. The van der Waals surface area contributed by atoms with Crippen molar-refractivity contribution >= 4 is 15.0 Å². The zero-order valence-corrected chi connectivity index (χ0v) is 8.00. The van der Waals surface area contributed by atoms with Crippen LogP contribution in [0.4, 0.5) is 0 Å². The fourth-order valence-electron chi connectivity index (χ4n) is 0.771. The van der Waals surface area contributed by atoms with Gasteiger partial charge in [0.15, 0.2) is 0 Å². The molecule has 0 atom stereocenters. The summed E-state index contributed by atoms with van der Waals surface area (Å²) in [5.74, 6) is 0. The van der Waals surface area contributed by atoms with Gasteiger partial charge in [0.25, 0.3) is 0 Å². The molecule has 1 rings (SSSR count). The summed E-state index contributed by atoms with van der Waals surface area (Å²) < 4.78 is 0. The van der Waals surface area contributed by atoms with Crippen molar-refractivity contribution in [2.24, 2.45) is 0 Å². The molecule has 1 heteroatoms. The summed E-state index contributed by atoms with van der Waals surface area (Å²) in [7, 11) is 0. The average Bonchev–Trinajstić information content (AvgIpc) is 2.07. The first-order valence-corrected chi connectivity index (χ1v) is 5.63. The van der Waals surface area contributed by atoms with Crippen LogP contribution in [0.25, 0.3) is 0 Å². The van der Waals surface area contributed by atoms with Crippen LogP contribution in [0.15, 0.2) is 47.6 Å². The number of rotatable bonds is 3. The molecule has 1 aromatic rings. The van der Waals surface area contributed by atoms with Gasteiger partial charge in [-0.05, 0) is 0 Å². The number of hydrogen-bond acceptors (Lipinski definition) is 0. The van der Waals surface area contributed by atoms with Gasteiger partial charge in [0.2, 0.25) is 0 Å². The summed E-state index contributed by atoms with van der Waals surface area (Å²) in [5, 5.41) is 1.15. The third kappa shape index (κ3) is 3.25. The second-order valence-corrected chi connectivity index (χ2v) is 3.92. The standard InChI is InChI=1S/C10H10Se/c1-2-8-11-9-10-6-4-3-5-7-10/h3-8H,1,9H2. The molecule has 0 unspecified atom stereocenters. The van der Waals surface area contributed by atoms with Crippen LogP contribution < -0.4 is 0 Å². The van der Waals surface area contributed by atoms with E-state index in [0.29, 0.717) is 15.0 Å². The van der Waals surface area contributed by atoms with E-state index in [-0.39, 0.29) is 0 Å². The van der Waals surface area contributed by atoms with Crippen molar-refractivity contribution in [1.82, 2.24) is 0 Å². The minimum atomic E-state index is 0.531. The first-order valence-electron chi connectivity index (χ1n) is 3.43. The van der Waals surface area contributed by atoms with Crippen LogP contribution in [-0.2, 0) is 5.32 Å². The molecule has 0 saturated carbocycles. The summed E-state index contributed by atoms with van der Waals surface area (Å²) in [4.78, 5) is 2.03. The molecule has 0 nitrogen and oxygen atoms in total. The van der Waals surface area contributed by atoms with E-state index in [1.807, 2.05) is 11.0 Å². The monoisotopic (exact) mass is 210 g/mol. The predicted octanol–water partition coefficient (Wildman–Crippen LogP) is 2.19. The Labute approximate surface area is 73.8 Å². The van der Waals surface area contributed by atoms with Crippen molar-refractivity contribution in [3.05, 3.63) is 53.2 Å². The van der Waals surface area contributed by atoms with Crippen molar-refractivity contribution in [3.8, 4) is 0 Å². The molecule has 0 aromatic heterocycles. The predicted molar refractivity (Wildman–Crippen MR) is 49.6 cm³/mol. The molecule has 0 saturated heterocycles. The maximum atomic E-state index is 3.53. The second-order valence-electron chi connectivity index (χ2n) is 2.12. The quantitative estimate of drug-likeness (QED) is 0.528. The third-order valence-corrected chi connectivity index (χ3v) is 3.01. The fourth-order valence-corrected chi connectivity index (χ4v) is 2.00. The van der Waals surface area contributed by atoms with E-state index in [1.165, 1.54) is 5.56 Å². The summed E-state index contributed by atoms with van der Waals surface area (Å²) in [6, 6.07) is 10.5. The van der Waals surface area contributed by atoms with E-state index < -0.39 is 0 Å². The van der Waals surface area contributed by atoms with Crippen LogP contribution in [0.1, 0.15) is 5.56 Å². The molecule has 56 valence electrons. The van der Waals surface area contributed by atoms with Gasteiger partial charge in [-0.25, -0.2) is 0 Å². The molecule has 0 radical (unpaired) electrons. The minimum absolute atomic E-state index is 0.531. The van der Waals surface area contributed by atoms with E-state index in [9.17, 15) is 0 Å². The van der Waals surface area contributed by atoms with Gasteiger partial charge in [0.05, 0.1) is 0 Å². The van der Waals surface area contributed by atoms with Crippen molar-refractivity contribution in [2.75, 3.05) is 0 Å². The molecule has 0 fully saturated rings. The molecule has 1 aromatic carbocycles.